The number of halogens is 2. The molecule has 2 N–H and O–H groups in total. The lowest BCUT2D eigenvalue weighted by Gasteiger charge is -2.58. The minimum absolute atomic E-state index is 0.0123. The van der Waals surface area contributed by atoms with E-state index in [1.54, 1.807) is 18.3 Å². The molecule has 1 saturated carbocycles. The van der Waals surface area contributed by atoms with E-state index in [2.05, 4.69) is 26.7 Å². The van der Waals surface area contributed by atoms with Crippen LogP contribution >= 0.6 is 0 Å². The molecule has 2 atom stereocenters. The lowest BCUT2D eigenvalue weighted by molar-refractivity contribution is -0.0493. The fraction of sp³-hybridized carbons (Fsp3) is 0.500. The first-order chi connectivity index (χ1) is 21.2. The Bertz CT molecular complexity index is 1800. The van der Waals surface area contributed by atoms with Crippen molar-refractivity contribution in [2.75, 3.05) is 37.7 Å². The minimum Gasteiger partial charge on any atom is -0.508 e. The number of aliphatic hydroxyl groups excluding tert-OH is 1. The molecule has 2 aromatic carbocycles. The molecule has 8 nitrogen and oxygen atoms in total. The minimum atomic E-state index is -0.668. The Kier molecular flexibility index (Phi) is 6.30. The molecule has 2 aromatic heterocycles. The predicted octanol–water partition coefficient (Wildman–Crippen LogP) is 5.61. The molecule has 230 valence electrons. The molecule has 4 aliphatic rings. The highest BCUT2D eigenvalue weighted by Gasteiger charge is 2.53. The van der Waals surface area contributed by atoms with E-state index in [0.29, 0.717) is 65.1 Å². The monoisotopic (exact) mass is 601 g/mol. The van der Waals surface area contributed by atoms with Crippen molar-refractivity contribution in [2.24, 2.45) is 11.3 Å². The Morgan fingerprint density at radius 1 is 1.11 bits per heavy atom. The van der Waals surface area contributed by atoms with Gasteiger partial charge in [-0.25, -0.2) is 8.78 Å². The highest BCUT2D eigenvalue weighted by molar-refractivity contribution is 6.01. The molecule has 4 fully saturated rings. The van der Waals surface area contributed by atoms with Crippen LogP contribution in [0.4, 0.5) is 14.6 Å². The lowest BCUT2D eigenvalue weighted by Crippen LogP contribution is -2.64. The molecule has 3 aliphatic heterocycles. The Labute approximate surface area is 254 Å². The summed E-state index contributed by atoms with van der Waals surface area (Å²) in [6, 6.07) is 6.07. The third-order valence-electron chi connectivity index (χ3n) is 10.6. The second-order valence-electron chi connectivity index (χ2n) is 13.8. The molecular weight excluding hydrogens is 564 g/mol. The van der Waals surface area contributed by atoms with E-state index in [1.807, 2.05) is 6.92 Å². The van der Waals surface area contributed by atoms with Crippen LogP contribution < -0.4 is 9.64 Å². The van der Waals surface area contributed by atoms with E-state index in [-0.39, 0.29) is 45.8 Å². The van der Waals surface area contributed by atoms with Crippen molar-refractivity contribution in [2.45, 2.75) is 64.0 Å². The number of phenolic OH excluding ortho intramolecular Hbond substituents is 1. The van der Waals surface area contributed by atoms with Gasteiger partial charge in [-0.15, -0.1) is 0 Å². The van der Waals surface area contributed by atoms with Gasteiger partial charge in [-0.2, -0.15) is 9.97 Å². The number of aryl methyl sites for hydroxylation is 1. The average molecular weight is 602 g/mol. The van der Waals surface area contributed by atoms with E-state index in [4.69, 9.17) is 9.72 Å². The molecule has 8 rings (SSSR count). The number of hydrogen-bond acceptors (Lipinski definition) is 8. The van der Waals surface area contributed by atoms with Crippen molar-refractivity contribution >= 4 is 27.5 Å². The summed E-state index contributed by atoms with van der Waals surface area (Å²) >= 11 is 0. The van der Waals surface area contributed by atoms with Crippen LogP contribution in [0, 0.1) is 23.0 Å². The predicted molar refractivity (Wildman–Crippen MR) is 164 cm³/mol. The Balaban J connectivity index is 1.24. The van der Waals surface area contributed by atoms with Gasteiger partial charge in [0.05, 0.1) is 17.0 Å². The Hall–Kier alpha value is -3.63. The lowest BCUT2D eigenvalue weighted by atomic mass is 9.62. The van der Waals surface area contributed by atoms with Crippen LogP contribution in [0.3, 0.4) is 0 Å². The summed E-state index contributed by atoms with van der Waals surface area (Å²) < 4.78 is 38.0. The first-order valence-corrected chi connectivity index (χ1v) is 15.8. The topological polar surface area (TPSA) is 94.8 Å². The Morgan fingerprint density at radius 3 is 2.70 bits per heavy atom. The number of nitrogens with zero attached hydrogens (tertiary/aromatic N) is 5. The molecule has 1 aliphatic carbocycles. The number of rotatable bonds is 6. The van der Waals surface area contributed by atoms with E-state index in [9.17, 15) is 14.6 Å². The molecule has 0 amide bonds. The van der Waals surface area contributed by atoms with E-state index in [0.717, 1.165) is 45.2 Å². The average Bonchev–Trinajstić information content (AvgIpc) is 3.48. The smallest absolute Gasteiger partial charge is 0.319 e. The Morgan fingerprint density at radius 2 is 1.93 bits per heavy atom. The molecule has 1 spiro atoms. The quantitative estimate of drug-likeness (QED) is 0.295. The zero-order valence-electron chi connectivity index (χ0n) is 25.1. The number of aromatic hydroxyl groups is 1. The molecular formula is C34H37F2N5O3. The van der Waals surface area contributed by atoms with Crippen molar-refractivity contribution in [3.63, 3.8) is 0 Å². The van der Waals surface area contributed by atoms with Gasteiger partial charge in [-0.05, 0) is 85.5 Å². The summed E-state index contributed by atoms with van der Waals surface area (Å²) in [7, 11) is 0. The van der Waals surface area contributed by atoms with Crippen molar-refractivity contribution < 1.29 is 23.7 Å². The largest absolute Gasteiger partial charge is 0.508 e. The van der Waals surface area contributed by atoms with Crippen molar-refractivity contribution in [1.29, 1.82) is 0 Å². The van der Waals surface area contributed by atoms with Gasteiger partial charge in [-0.1, -0.05) is 19.9 Å². The molecule has 10 heteroatoms. The van der Waals surface area contributed by atoms with E-state index < -0.39 is 5.82 Å². The number of pyridine rings is 1. The summed E-state index contributed by atoms with van der Waals surface area (Å²) in [4.78, 5) is 18.6. The van der Waals surface area contributed by atoms with Gasteiger partial charge in [0.25, 0.3) is 0 Å². The number of aromatic nitrogens is 3. The zero-order valence-corrected chi connectivity index (χ0v) is 25.1. The van der Waals surface area contributed by atoms with Crippen LogP contribution in [0.1, 0.15) is 51.5 Å². The molecule has 0 radical (unpaired) electrons. The summed E-state index contributed by atoms with van der Waals surface area (Å²) in [5, 5.41) is 22.1. The number of fused-ring (bicyclic) bond motifs is 3. The van der Waals surface area contributed by atoms with Crippen LogP contribution in [-0.4, -0.2) is 74.5 Å². The number of anilines is 1. The number of phenols is 1. The fourth-order valence-electron chi connectivity index (χ4n) is 8.68. The third-order valence-corrected chi connectivity index (χ3v) is 10.6. The van der Waals surface area contributed by atoms with Crippen molar-refractivity contribution in [3.8, 4) is 23.0 Å². The number of aliphatic hydroxyl groups is 1. The zero-order chi connectivity index (χ0) is 30.4. The number of hydrogen-bond donors (Lipinski definition) is 2. The van der Waals surface area contributed by atoms with Gasteiger partial charge in [0, 0.05) is 36.8 Å². The van der Waals surface area contributed by atoms with Gasteiger partial charge in [0.15, 0.2) is 5.82 Å². The maximum atomic E-state index is 16.7. The second-order valence-corrected chi connectivity index (χ2v) is 13.8. The fourth-order valence-corrected chi connectivity index (χ4v) is 8.68. The van der Waals surface area contributed by atoms with Gasteiger partial charge < -0.3 is 19.8 Å². The molecule has 44 heavy (non-hydrogen) atoms. The van der Waals surface area contributed by atoms with Crippen molar-refractivity contribution in [1.82, 2.24) is 19.9 Å². The number of benzene rings is 2. The highest BCUT2D eigenvalue weighted by atomic mass is 19.1. The van der Waals surface area contributed by atoms with E-state index >= 15 is 4.39 Å². The van der Waals surface area contributed by atoms with Crippen molar-refractivity contribution in [3.05, 3.63) is 47.7 Å². The van der Waals surface area contributed by atoms with Crippen LogP contribution in [0.5, 0.6) is 11.8 Å². The molecule has 4 aromatic rings. The maximum Gasteiger partial charge on any atom is 0.319 e. The number of ether oxygens (including phenoxy) is 1. The first kappa shape index (κ1) is 27.9. The second kappa shape index (κ2) is 9.94. The molecule has 5 heterocycles. The molecule has 3 saturated heterocycles. The summed E-state index contributed by atoms with van der Waals surface area (Å²) in [5.41, 5.74) is 0.826. The summed E-state index contributed by atoms with van der Waals surface area (Å²) in [6.07, 6.45) is 6.44. The van der Waals surface area contributed by atoms with Crippen LogP contribution in [-0.2, 0) is 6.42 Å². The molecule has 0 bridgehead atoms. The SMILES string of the molecule is CCc1c(F)ccc2cc(O)cc(-c3ncc4c(N5CC6(CC(O)C6)C5)nc(OC[C@@]56CCCN5C[C@H](C)C6)nc4c3F)c12. The maximum absolute atomic E-state index is 16.7. The standard InChI is InChI=1S/C34H37F2N5O3/c1-3-23-26(35)6-5-20-9-21(42)10-24(27(20)23)29-28(36)30-25(14-37-29)31(40-16-33(17-40)12-22(43)13-33)39-32(38-30)44-18-34-7-4-8-41(34)15-19(2)11-34/h5-6,9-10,14,19,22,42-43H,3-4,7-8,11-13,15-18H2,1-2H3/t19-,34+/m1/s1. The van der Waals surface area contributed by atoms with Gasteiger partial charge in [-0.3, -0.25) is 9.88 Å². The summed E-state index contributed by atoms with van der Waals surface area (Å²) in [6.45, 7) is 8.09. The third kappa shape index (κ3) is 4.24. The highest BCUT2D eigenvalue weighted by Crippen LogP contribution is 2.50. The molecule has 0 unspecified atom stereocenters. The summed E-state index contributed by atoms with van der Waals surface area (Å²) in [5.74, 6) is 0.0378. The normalized spacial score (nSPS) is 24.7. The van der Waals surface area contributed by atoms with Crippen LogP contribution in [0.25, 0.3) is 32.9 Å². The van der Waals surface area contributed by atoms with Gasteiger partial charge >= 0.3 is 6.01 Å². The first-order valence-electron chi connectivity index (χ1n) is 15.8. The van der Waals surface area contributed by atoms with E-state index in [1.165, 1.54) is 12.1 Å². The van der Waals surface area contributed by atoms with Crippen LogP contribution in [0.15, 0.2) is 30.5 Å². The van der Waals surface area contributed by atoms with Gasteiger partial charge in [0.1, 0.15) is 35.2 Å². The van der Waals surface area contributed by atoms with Gasteiger partial charge in [0.2, 0.25) is 0 Å². The van der Waals surface area contributed by atoms with Crippen LogP contribution in [0.2, 0.25) is 0 Å².